The van der Waals surface area contributed by atoms with Gasteiger partial charge >= 0.3 is 0 Å². The van der Waals surface area contributed by atoms with Crippen LogP contribution in [0.25, 0.3) is 0 Å². The zero-order valence-corrected chi connectivity index (χ0v) is 17.4. The second-order valence-electron chi connectivity index (χ2n) is 6.27. The van der Waals surface area contributed by atoms with Crippen LogP contribution < -0.4 is 5.32 Å². The molecule has 0 radical (unpaired) electrons. The molecule has 0 aliphatic carbocycles. The Morgan fingerprint density at radius 1 is 1.22 bits per heavy atom. The summed E-state index contributed by atoms with van der Waals surface area (Å²) in [6.07, 6.45) is 1.98. The van der Waals surface area contributed by atoms with Crippen molar-refractivity contribution >= 4 is 57.8 Å². The number of ether oxygens (including phenoxy) is 1. The standard InChI is InChI=1S/C19H18Cl3FN2OS/c20-12-6-7-18(16(22)9-12)24-19(27)25(10-13-3-2-8-26-13)11-14-15(21)4-1-5-17(14)23/h1,4-7,9,13H,2-3,8,10-11H2,(H,24,27). The first-order valence-corrected chi connectivity index (χ1v) is 10.0. The number of anilines is 1. The molecule has 0 saturated carbocycles. The van der Waals surface area contributed by atoms with Crippen molar-refractivity contribution in [3.63, 3.8) is 0 Å². The molecule has 0 aromatic heterocycles. The molecule has 0 spiro atoms. The summed E-state index contributed by atoms with van der Waals surface area (Å²) < 4.78 is 20.0. The van der Waals surface area contributed by atoms with Crippen LogP contribution in [0.4, 0.5) is 10.1 Å². The molecule has 1 atom stereocenters. The van der Waals surface area contributed by atoms with Crippen LogP contribution in [-0.2, 0) is 11.3 Å². The monoisotopic (exact) mass is 446 g/mol. The summed E-state index contributed by atoms with van der Waals surface area (Å²) in [5, 5.41) is 4.87. The summed E-state index contributed by atoms with van der Waals surface area (Å²) in [6, 6.07) is 9.73. The maximum atomic E-state index is 14.3. The Labute approximate surface area is 178 Å². The van der Waals surface area contributed by atoms with Crippen molar-refractivity contribution in [2.45, 2.75) is 25.5 Å². The first-order chi connectivity index (χ1) is 12.9. The highest BCUT2D eigenvalue weighted by Crippen LogP contribution is 2.27. The van der Waals surface area contributed by atoms with Crippen molar-refractivity contribution < 1.29 is 9.13 Å². The molecule has 1 unspecified atom stereocenters. The largest absolute Gasteiger partial charge is 0.376 e. The number of hydrogen-bond acceptors (Lipinski definition) is 2. The maximum absolute atomic E-state index is 14.3. The number of hydrogen-bond donors (Lipinski definition) is 1. The van der Waals surface area contributed by atoms with Gasteiger partial charge in [0.1, 0.15) is 5.82 Å². The van der Waals surface area contributed by atoms with E-state index in [1.807, 2.05) is 4.90 Å². The molecule has 0 bridgehead atoms. The number of halogens is 4. The van der Waals surface area contributed by atoms with Crippen LogP contribution in [0.15, 0.2) is 36.4 Å². The summed E-state index contributed by atoms with van der Waals surface area (Å²) in [6.45, 7) is 1.48. The molecule has 8 heteroatoms. The van der Waals surface area contributed by atoms with Gasteiger partial charge in [-0.15, -0.1) is 0 Å². The summed E-state index contributed by atoms with van der Waals surface area (Å²) in [7, 11) is 0. The molecule has 2 aromatic carbocycles. The van der Waals surface area contributed by atoms with E-state index in [2.05, 4.69) is 5.32 Å². The third-order valence-electron chi connectivity index (χ3n) is 4.32. The molecule has 1 aliphatic heterocycles. The van der Waals surface area contributed by atoms with Gasteiger partial charge in [0.15, 0.2) is 5.11 Å². The lowest BCUT2D eigenvalue weighted by Gasteiger charge is -2.29. The lowest BCUT2D eigenvalue weighted by molar-refractivity contribution is 0.0903. The van der Waals surface area contributed by atoms with E-state index in [0.29, 0.717) is 38.0 Å². The summed E-state index contributed by atoms with van der Waals surface area (Å²) in [5.74, 6) is -0.368. The van der Waals surface area contributed by atoms with E-state index in [9.17, 15) is 4.39 Å². The van der Waals surface area contributed by atoms with E-state index in [-0.39, 0.29) is 18.5 Å². The van der Waals surface area contributed by atoms with Crippen LogP contribution in [0.5, 0.6) is 0 Å². The second kappa shape index (κ2) is 9.39. The Hall–Kier alpha value is -1.11. The molecule has 2 aromatic rings. The van der Waals surface area contributed by atoms with Gasteiger partial charge in [0.25, 0.3) is 0 Å². The Morgan fingerprint density at radius 3 is 2.70 bits per heavy atom. The van der Waals surface area contributed by atoms with Crippen LogP contribution in [-0.4, -0.2) is 29.3 Å². The molecular formula is C19H18Cl3FN2OS. The molecule has 1 heterocycles. The van der Waals surface area contributed by atoms with E-state index in [1.165, 1.54) is 6.07 Å². The first-order valence-electron chi connectivity index (χ1n) is 8.49. The van der Waals surface area contributed by atoms with Crippen LogP contribution in [0.2, 0.25) is 15.1 Å². The Balaban J connectivity index is 1.80. The highest BCUT2D eigenvalue weighted by atomic mass is 35.5. The van der Waals surface area contributed by atoms with Gasteiger partial charge in [-0.3, -0.25) is 0 Å². The number of rotatable bonds is 5. The van der Waals surface area contributed by atoms with E-state index >= 15 is 0 Å². The SMILES string of the molecule is Fc1cccc(Cl)c1CN(CC1CCCO1)C(=S)Nc1ccc(Cl)cc1Cl. The van der Waals surface area contributed by atoms with Crippen molar-refractivity contribution in [2.24, 2.45) is 0 Å². The van der Waals surface area contributed by atoms with Gasteiger partial charge in [-0.2, -0.15) is 0 Å². The zero-order valence-electron chi connectivity index (χ0n) is 14.4. The lowest BCUT2D eigenvalue weighted by Crippen LogP contribution is -2.39. The Bertz CT molecular complexity index is 810. The smallest absolute Gasteiger partial charge is 0.173 e. The number of benzene rings is 2. The minimum Gasteiger partial charge on any atom is -0.376 e. The highest BCUT2D eigenvalue weighted by molar-refractivity contribution is 7.80. The van der Waals surface area contributed by atoms with Gasteiger partial charge in [0, 0.05) is 35.3 Å². The highest BCUT2D eigenvalue weighted by Gasteiger charge is 2.23. The van der Waals surface area contributed by atoms with Crippen molar-refractivity contribution in [1.82, 2.24) is 4.90 Å². The summed E-state index contributed by atoms with van der Waals surface area (Å²) >= 11 is 23.9. The third-order valence-corrected chi connectivity index (χ3v) is 5.58. The van der Waals surface area contributed by atoms with Gasteiger partial charge in [0.05, 0.1) is 16.8 Å². The van der Waals surface area contributed by atoms with Gasteiger partial charge in [-0.1, -0.05) is 40.9 Å². The predicted octanol–water partition coefficient (Wildman–Crippen LogP) is 6.16. The fraction of sp³-hybridized carbons (Fsp3) is 0.316. The van der Waals surface area contributed by atoms with E-state index in [4.69, 9.17) is 51.8 Å². The maximum Gasteiger partial charge on any atom is 0.173 e. The van der Waals surface area contributed by atoms with Crippen LogP contribution in [0.1, 0.15) is 18.4 Å². The van der Waals surface area contributed by atoms with Crippen molar-refractivity contribution in [2.75, 3.05) is 18.5 Å². The fourth-order valence-corrected chi connectivity index (χ4v) is 3.84. The molecule has 27 heavy (non-hydrogen) atoms. The number of thiocarbonyl (C=S) groups is 1. The first kappa shape index (κ1) is 20.6. The van der Waals surface area contributed by atoms with Gasteiger partial charge in [-0.05, 0) is 55.4 Å². The van der Waals surface area contributed by atoms with E-state index in [1.54, 1.807) is 30.3 Å². The molecule has 3 nitrogen and oxygen atoms in total. The molecule has 1 aliphatic rings. The molecule has 1 saturated heterocycles. The number of nitrogens with zero attached hydrogens (tertiary/aromatic N) is 1. The lowest BCUT2D eigenvalue weighted by atomic mass is 10.1. The molecule has 1 fully saturated rings. The Kier molecular flexibility index (Phi) is 7.17. The predicted molar refractivity (Wildman–Crippen MR) is 113 cm³/mol. The third kappa shape index (κ3) is 5.46. The molecular weight excluding hydrogens is 430 g/mol. The molecule has 3 rings (SSSR count). The summed E-state index contributed by atoms with van der Waals surface area (Å²) in [4.78, 5) is 1.85. The van der Waals surface area contributed by atoms with Gasteiger partial charge in [-0.25, -0.2) is 4.39 Å². The van der Waals surface area contributed by atoms with Crippen molar-refractivity contribution in [1.29, 1.82) is 0 Å². The van der Waals surface area contributed by atoms with Crippen LogP contribution >= 0.6 is 47.0 Å². The quantitative estimate of drug-likeness (QED) is 0.554. The van der Waals surface area contributed by atoms with Gasteiger partial charge in [0.2, 0.25) is 0 Å². The van der Waals surface area contributed by atoms with E-state index in [0.717, 1.165) is 19.4 Å². The van der Waals surface area contributed by atoms with Gasteiger partial charge < -0.3 is 15.0 Å². The summed E-state index contributed by atoms with van der Waals surface area (Å²) in [5.41, 5.74) is 1.02. The average Bonchev–Trinajstić information content (AvgIpc) is 3.12. The zero-order chi connectivity index (χ0) is 19.4. The normalized spacial score (nSPS) is 16.4. The Morgan fingerprint density at radius 2 is 2.04 bits per heavy atom. The van der Waals surface area contributed by atoms with Crippen molar-refractivity contribution in [3.8, 4) is 0 Å². The van der Waals surface area contributed by atoms with Crippen LogP contribution in [0, 0.1) is 5.82 Å². The minimum absolute atomic E-state index is 0.0380. The fourth-order valence-electron chi connectivity index (χ4n) is 2.91. The minimum atomic E-state index is -0.368. The molecule has 144 valence electrons. The van der Waals surface area contributed by atoms with E-state index < -0.39 is 0 Å². The number of nitrogens with one attached hydrogen (secondary N) is 1. The topological polar surface area (TPSA) is 24.5 Å². The van der Waals surface area contributed by atoms with Crippen molar-refractivity contribution in [3.05, 3.63) is 62.8 Å². The molecule has 1 N–H and O–H groups in total. The average molecular weight is 448 g/mol. The molecule has 0 amide bonds. The van der Waals surface area contributed by atoms with Crippen LogP contribution in [0.3, 0.4) is 0 Å². The second-order valence-corrected chi connectivity index (χ2v) is 7.91.